The highest BCUT2D eigenvalue weighted by Crippen LogP contribution is 2.37. The van der Waals surface area contributed by atoms with Crippen LogP contribution in [0.2, 0.25) is 0 Å². The first-order chi connectivity index (χ1) is 17.0. The summed E-state index contributed by atoms with van der Waals surface area (Å²) in [6.45, 7) is 3.72. The maximum atomic E-state index is 14.5. The summed E-state index contributed by atoms with van der Waals surface area (Å²) >= 11 is 0. The Labute approximate surface area is 202 Å². The van der Waals surface area contributed by atoms with E-state index >= 15 is 0 Å². The van der Waals surface area contributed by atoms with Gasteiger partial charge >= 0.3 is 6.18 Å². The molecule has 0 saturated heterocycles. The first-order valence-corrected chi connectivity index (χ1v) is 10.9. The Morgan fingerprint density at radius 3 is 2.28 bits per heavy atom. The van der Waals surface area contributed by atoms with Crippen molar-refractivity contribution < 1.29 is 22.0 Å². The maximum Gasteiger partial charge on any atom is 0.435 e. The third kappa shape index (κ3) is 4.19. The standard InChI is InChI=1S/C26H18F5N5/c1-25(2,19-8-5-9-22(33-19)36-13-12-20(35-36)26(29,30)31)23-16-7-4-3-6-15(16)14-18(32-23)17-10-11-21(27)34-24(17)28/h3-14H,1-2H3. The second kappa shape index (κ2) is 8.47. The zero-order valence-electron chi connectivity index (χ0n) is 19.1. The number of halogens is 5. The van der Waals surface area contributed by atoms with Gasteiger partial charge in [-0.3, -0.25) is 4.98 Å². The molecule has 5 nitrogen and oxygen atoms in total. The van der Waals surface area contributed by atoms with Crippen LogP contribution in [0.25, 0.3) is 27.8 Å². The van der Waals surface area contributed by atoms with Gasteiger partial charge in [-0.2, -0.15) is 32.0 Å². The minimum absolute atomic E-state index is 0.0390. The predicted octanol–water partition coefficient (Wildman–Crippen LogP) is 6.50. The molecule has 0 aliphatic carbocycles. The maximum absolute atomic E-state index is 14.5. The van der Waals surface area contributed by atoms with Crippen molar-refractivity contribution in [3.05, 3.63) is 102 Å². The first-order valence-electron chi connectivity index (χ1n) is 10.9. The number of rotatable bonds is 4. The Morgan fingerprint density at radius 2 is 1.56 bits per heavy atom. The number of pyridine rings is 3. The van der Waals surface area contributed by atoms with Gasteiger partial charge in [0.15, 0.2) is 11.5 Å². The molecule has 10 heteroatoms. The molecule has 0 unspecified atom stereocenters. The Bertz CT molecular complexity index is 1590. The Balaban J connectivity index is 1.65. The van der Waals surface area contributed by atoms with Gasteiger partial charge in [-0.15, -0.1) is 0 Å². The van der Waals surface area contributed by atoms with Crippen molar-refractivity contribution in [3.63, 3.8) is 0 Å². The molecule has 0 spiro atoms. The fraction of sp³-hybridized carbons (Fsp3) is 0.154. The SMILES string of the molecule is CC(C)(c1cccc(-n2ccc(C(F)(F)F)n2)n1)c1nc(-c2ccc(F)nc2F)cc2ccccc12. The number of hydrogen-bond donors (Lipinski definition) is 0. The van der Waals surface area contributed by atoms with Crippen LogP contribution < -0.4 is 0 Å². The molecule has 4 heterocycles. The largest absolute Gasteiger partial charge is 0.435 e. The van der Waals surface area contributed by atoms with E-state index in [9.17, 15) is 22.0 Å². The molecular weight excluding hydrogens is 477 g/mol. The van der Waals surface area contributed by atoms with Crippen molar-refractivity contribution in [2.24, 2.45) is 0 Å². The highest BCUT2D eigenvalue weighted by atomic mass is 19.4. The Kier molecular flexibility index (Phi) is 5.54. The molecule has 0 atom stereocenters. The van der Waals surface area contributed by atoms with E-state index in [4.69, 9.17) is 4.98 Å². The molecule has 5 rings (SSSR count). The summed E-state index contributed by atoms with van der Waals surface area (Å²) in [5, 5.41) is 5.16. The number of alkyl halides is 3. The summed E-state index contributed by atoms with van der Waals surface area (Å²) in [7, 11) is 0. The fourth-order valence-electron chi connectivity index (χ4n) is 4.04. The minimum Gasteiger partial charge on any atom is -0.251 e. The van der Waals surface area contributed by atoms with Gasteiger partial charge in [0.1, 0.15) is 0 Å². The van der Waals surface area contributed by atoms with Crippen molar-refractivity contribution >= 4 is 10.8 Å². The lowest BCUT2D eigenvalue weighted by Crippen LogP contribution is -2.23. The molecule has 182 valence electrons. The molecule has 0 bridgehead atoms. The summed E-state index contributed by atoms with van der Waals surface area (Å²) in [6, 6.07) is 17.3. The van der Waals surface area contributed by atoms with Crippen LogP contribution in [-0.2, 0) is 11.6 Å². The smallest absolute Gasteiger partial charge is 0.251 e. The van der Waals surface area contributed by atoms with Gasteiger partial charge < -0.3 is 0 Å². The molecular formula is C26H18F5N5. The van der Waals surface area contributed by atoms with Crippen molar-refractivity contribution in [2.75, 3.05) is 0 Å². The molecule has 0 radical (unpaired) electrons. The zero-order chi connectivity index (χ0) is 25.7. The lowest BCUT2D eigenvalue weighted by molar-refractivity contribution is -0.141. The Hall–Kier alpha value is -4.21. The summed E-state index contributed by atoms with van der Waals surface area (Å²) in [5.41, 5.74) is -0.520. The van der Waals surface area contributed by atoms with Crippen molar-refractivity contribution in [3.8, 4) is 17.1 Å². The summed E-state index contributed by atoms with van der Waals surface area (Å²) < 4.78 is 68.1. The van der Waals surface area contributed by atoms with E-state index in [-0.39, 0.29) is 17.1 Å². The van der Waals surface area contributed by atoms with Crippen LogP contribution in [0, 0.1) is 11.9 Å². The first kappa shape index (κ1) is 23.5. The van der Waals surface area contributed by atoms with Gasteiger partial charge in [0.05, 0.1) is 22.6 Å². The van der Waals surface area contributed by atoms with Crippen LogP contribution in [0.15, 0.2) is 72.9 Å². The van der Waals surface area contributed by atoms with Crippen molar-refractivity contribution in [1.29, 1.82) is 0 Å². The summed E-state index contributed by atoms with van der Waals surface area (Å²) in [4.78, 5) is 12.6. The third-order valence-corrected chi connectivity index (χ3v) is 5.91. The van der Waals surface area contributed by atoms with Crippen LogP contribution in [0.3, 0.4) is 0 Å². The van der Waals surface area contributed by atoms with E-state index in [2.05, 4.69) is 15.1 Å². The van der Waals surface area contributed by atoms with Gasteiger partial charge in [0.2, 0.25) is 11.9 Å². The van der Waals surface area contributed by atoms with E-state index < -0.39 is 29.2 Å². The molecule has 0 amide bonds. The highest BCUT2D eigenvalue weighted by molar-refractivity contribution is 5.89. The lowest BCUT2D eigenvalue weighted by atomic mass is 9.82. The zero-order valence-corrected chi connectivity index (χ0v) is 19.1. The molecule has 0 N–H and O–H groups in total. The van der Waals surface area contributed by atoms with Crippen molar-refractivity contribution in [2.45, 2.75) is 25.4 Å². The van der Waals surface area contributed by atoms with Gasteiger partial charge in [0.25, 0.3) is 0 Å². The monoisotopic (exact) mass is 495 g/mol. The predicted molar refractivity (Wildman–Crippen MR) is 123 cm³/mol. The van der Waals surface area contributed by atoms with Gasteiger partial charge in [-0.05, 0) is 55.6 Å². The van der Waals surface area contributed by atoms with E-state index in [1.807, 2.05) is 38.1 Å². The fourth-order valence-corrected chi connectivity index (χ4v) is 4.04. The molecule has 0 saturated carbocycles. The minimum atomic E-state index is -4.57. The topological polar surface area (TPSA) is 56.5 Å². The number of fused-ring (bicyclic) bond motifs is 1. The third-order valence-electron chi connectivity index (χ3n) is 5.91. The molecule has 0 aliphatic heterocycles. The average molecular weight is 495 g/mol. The van der Waals surface area contributed by atoms with E-state index in [0.717, 1.165) is 27.6 Å². The summed E-state index contributed by atoms with van der Waals surface area (Å²) in [6.07, 6.45) is -3.38. The van der Waals surface area contributed by atoms with Crippen LogP contribution in [0.1, 0.15) is 30.9 Å². The average Bonchev–Trinajstić information content (AvgIpc) is 3.35. The van der Waals surface area contributed by atoms with E-state index in [1.165, 1.54) is 12.3 Å². The molecule has 0 fully saturated rings. The molecule has 36 heavy (non-hydrogen) atoms. The number of aromatic nitrogens is 5. The van der Waals surface area contributed by atoms with Gasteiger partial charge in [-0.1, -0.05) is 30.3 Å². The highest BCUT2D eigenvalue weighted by Gasteiger charge is 2.34. The quantitative estimate of drug-likeness (QED) is 0.211. The van der Waals surface area contributed by atoms with Crippen LogP contribution >= 0.6 is 0 Å². The van der Waals surface area contributed by atoms with E-state index in [0.29, 0.717) is 11.4 Å². The van der Waals surface area contributed by atoms with Crippen LogP contribution in [0.5, 0.6) is 0 Å². The lowest BCUT2D eigenvalue weighted by Gasteiger charge is -2.26. The number of hydrogen-bond acceptors (Lipinski definition) is 4. The van der Waals surface area contributed by atoms with Crippen LogP contribution in [-0.4, -0.2) is 24.7 Å². The molecule has 1 aromatic carbocycles. The molecule has 0 aliphatic rings. The normalized spacial score (nSPS) is 12.3. The van der Waals surface area contributed by atoms with Gasteiger partial charge in [0, 0.05) is 17.0 Å². The Morgan fingerprint density at radius 1 is 0.778 bits per heavy atom. The van der Waals surface area contributed by atoms with Crippen LogP contribution in [0.4, 0.5) is 22.0 Å². The van der Waals surface area contributed by atoms with Gasteiger partial charge in [-0.25, -0.2) is 9.67 Å². The molecule has 4 aromatic heterocycles. The second-order valence-electron chi connectivity index (χ2n) is 8.70. The second-order valence-corrected chi connectivity index (χ2v) is 8.70. The van der Waals surface area contributed by atoms with E-state index in [1.54, 1.807) is 24.3 Å². The number of nitrogens with zero attached hydrogens (tertiary/aromatic N) is 5. The number of benzene rings is 1. The summed E-state index contributed by atoms with van der Waals surface area (Å²) in [5.74, 6) is -1.72. The van der Waals surface area contributed by atoms with Crippen molar-refractivity contribution in [1.82, 2.24) is 24.7 Å². The molecule has 5 aromatic rings.